The standard InChI is InChI=1S/C12H8OS/c1-3-10(13)12-8(2)9-6-4-5-7-11(9)14-12/h1,4-7H,2H3. The van der Waals surface area contributed by atoms with Gasteiger partial charge in [-0.15, -0.1) is 17.8 Å². The number of Topliss-reactive ketones (excluding diaryl/α,β-unsaturated/α-hetero) is 1. The van der Waals surface area contributed by atoms with E-state index in [0.717, 1.165) is 15.6 Å². The van der Waals surface area contributed by atoms with Crippen LogP contribution in [0.2, 0.25) is 0 Å². The highest BCUT2D eigenvalue weighted by Crippen LogP contribution is 2.30. The SMILES string of the molecule is C#CC(=O)c1sc2ccccc2c1C. The van der Waals surface area contributed by atoms with Gasteiger partial charge < -0.3 is 0 Å². The Morgan fingerprint density at radius 2 is 2.14 bits per heavy atom. The topological polar surface area (TPSA) is 17.1 Å². The van der Waals surface area contributed by atoms with Gasteiger partial charge in [0.1, 0.15) is 0 Å². The molecule has 0 saturated heterocycles. The molecular weight excluding hydrogens is 192 g/mol. The average molecular weight is 200 g/mol. The van der Waals surface area contributed by atoms with Crippen LogP contribution in [-0.2, 0) is 0 Å². The molecular formula is C12H8OS. The highest BCUT2D eigenvalue weighted by molar-refractivity contribution is 7.21. The quantitative estimate of drug-likeness (QED) is 0.393. The summed E-state index contributed by atoms with van der Waals surface area (Å²) in [6.07, 6.45) is 5.10. The zero-order valence-corrected chi connectivity index (χ0v) is 8.52. The highest BCUT2D eigenvalue weighted by atomic mass is 32.1. The Morgan fingerprint density at radius 3 is 2.79 bits per heavy atom. The van der Waals surface area contributed by atoms with Crippen LogP contribution in [0, 0.1) is 19.3 Å². The van der Waals surface area contributed by atoms with Gasteiger partial charge in [-0.2, -0.15) is 0 Å². The largest absolute Gasteiger partial charge is 0.278 e. The highest BCUT2D eigenvalue weighted by Gasteiger charge is 2.12. The van der Waals surface area contributed by atoms with Gasteiger partial charge in [0.25, 0.3) is 0 Å². The monoisotopic (exact) mass is 200 g/mol. The van der Waals surface area contributed by atoms with Crippen molar-refractivity contribution in [3.63, 3.8) is 0 Å². The Morgan fingerprint density at radius 1 is 1.43 bits per heavy atom. The third-order valence-corrected chi connectivity index (χ3v) is 3.45. The molecule has 68 valence electrons. The van der Waals surface area contributed by atoms with Crippen LogP contribution in [0.15, 0.2) is 24.3 Å². The van der Waals surface area contributed by atoms with E-state index in [1.807, 2.05) is 31.2 Å². The summed E-state index contributed by atoms with van der Waals surface area (Å²) in [5.74, 6) is 1.94. The Bertz CT molecular complexity index is 543. The minimum absolute atomic E-state index is 0.219. The third kappa shape index (κ3) is 1.23. The molecule has 2 heteroatoms. The molecule has 1 nitrogen and oxygen atoms in total. The van der Waals surface area contributed by atoms with Gasteiger partial charge in [0.05, 0.1) is 4.88 Å². The van der Waals surface area contributed by atoms with Gasteiger partial charge >= 0.3 is 0 Å². The van der Waals surface area contributed by atoms with E-state index in [0.29, 0.717) is 4.88 Å². The number of aryl methyl sites for hydroxylation is 1. The summed E-state index contributed by atoms with van der Waals surface area (Å²) >= 11 is 1.46. The third-order valence-electron chi connectivity index (χ3n) is 2.18. The number of carbonyl (C=O) groups is 1. The molecule has 0 atom stereocenters. The number of carbonyl (C=O) groups excluding carboxylic acids is 1. The van der Waals surface area contributed by atoms with Crippen LogP contribution < -0.4 is 0 Å². The lowest BCUT2D eigenvalue weighted by Crippen LogP contribution is -1.91. The van der Waals surface area contributed by atoms with Gasteiger partial charge in [-0.3, -0.25) is 4.79 Å². The van der Waals surface area contributed by atoms with Crippen molar-refractivity contribution in [3.05, 3.63) is 34.7 Å². The van der Waals surface area contributed by atoms with E-state index in [1.54, 1.807) is 0 Å². The number of hydrogen-bond donors (Lipinski definition) is 0. The van der Waals surface area contributed by atoms with Crippen LogP contribution in [0.3, 0.4) is 0 Å². The molecule has 0 spiro atoms. The first kappa shape index (κ1) is 8.98. The smallest absolute Gasteiger partial charge is 0.245 e. The molecule has 0 aliphatic heterocycles. The van der Waals surface area contributed by atoms with Crippen molar-refractivity contribution >= 4 is 27.2 Å². The Balaban J connectivity index is 2.76. The minimum atomic E-state index is -0.219. The predicted octanol–water partition coefficient (Wildman–Crippen LogP) is 3.03. The molecule has 0 bridgehead atoms. The number of thiophene rings is 1. The lowest BCUT2D eigenvalue weighted by atomic mass is 10.1. The normalized spacial score (nSPS) is 10.0. The maximum absolute atomic E-state index is 11.4. The molecule has 0 N–H and O–H groups in total. The molecule has 0 amide bonds. The molecule has 0 fully saturated rings. The van der Waals surface area contributed by atoms with Crippen LogP contribution in [0.4, 0.5) is 0 Å². The van der Waals surface area contributed by atoms with Crippen molar-refractivity contribution in [2.45, 2.75) is 6.92 Å². The molecule has 1 heterocycles. The summed E-state index contributed by atoms with van der Waals surface area (Å²) in [5, 5.41) is 1.12. The molecule has 14 heavy (non-hydrogen) atoms. The number of ketones is 1. The fraction of sp³-hybridized carbons (Fsp3) is 0.0833. The van der Waals surface area contributed by atoms with E-state index in [2.05, 4.69) is 5.92 Å². The van der Waals surface area contributed by atoms with E-state index in [-0.39, 0.29) is 5.78 Å². The minimum Gasteiger partial charge on any atom is -0.278 e. The Kier molecular flexibility index (Phi) is 2.11. The molecule has 0 radical (unpaired) electrons. The van der Waals surface area contributed by atoms with Crippen LogP contribution in [0.5, 0.6) is 0 Å². The van der Waals surface area contributed by atoms with Crippen molar-refractivity contribution in [2.75, 3.05) is 0 Å². The first-order chi connectivity index (χ1) is 6.74. The average Bonchev–Trinajstić information content (AvgIpc) is 2.56. The number of benzene rings is 1. The van der Waals surface area contributed by atoms with E-state index in [9.17, 15) is 4.79 Å². The Hall–Kier alpha value is -1.59. The van der Waals surface area contributed by atoms with Crippen molar-refractivity contribution in [3.8, 4) is 12.3 Å². The molecule has 0 aliphatic rings. The van der Waals surface area contributed by atoms with Crippen LogP contribution >= 0.6 is 11.3 Å². The van der Waals surface area contributed by atoms with E-state index >= 15 is 0 Å². The van der Waals surface area contributed by atoms with Gasteiger partial charge in [0.2, 0.25) is 5.78 Å². The lowest BCUT2D eigenvalue weighted by Gasteiger charge is -1.90. The molecule has 0 saturated carbocycles. The second-order valence-electron chi connectivity index (χ2n) is 3.03. The summed E-state index contributed by atoms with van der Waals surface area (Å²) in [6.45, 7) is 1.93. The van der Waals surface area contributed by atoms with Crippen LogP contribution in [0.25, 0.3) is 10.1 Å². The lowest BCUT2D eigenvalue weighted by molar-refractivity contribution is 0.106. The van der Waals surface area contributed by atoms with Gasteiger partial charge in [-0.05, 0) is 29.9 Å². The summed E-state index contributed by atoms with van der Waals surface area (Å²) in [4.78, 5) is 12.1. The molecule has 2 rings (SSSR count). The summed E-state index contributed by atoms with van der Waals surface area (Å²) in [6, 6.07) is 7.93. The summed E-state index contributed by atoms with van der Waals surface area (Å²) in [7, 11) is 0. The zero-order chi connectivity index (χ0) is 10.1. The summed E-state index contributed by atoms with van der Waals surface area (Å²) < 4.78 is 1.11. The second-order valence-corrected chi connectivity index (χ2v) is 4.08. The van der Waals surface area contributed by atoms with Gasteiger partial charge in [-0.1, -0.05) is 18.2 Å². The van der Waals surface area contributed by atoms with Gasteiger partial charge in [-0.25, -0.2) is 0 Å². The van der Waals surface area contributed by atoms with E-state index in [4.69, 9.17) is 6.42 Å². The molecule has 0 aliphatic carbocycles. The second kappa shape index (κ2) is 3.28. The molecule has 2 aromatic rings. The first-order valence-electron chi connectivity index (χ1n) is 4.23. The maximum Gasteiger partial charge on any atom is 0.245 e. The number of fused-ring (bicyclic) bond motifs is 1. The number of hydrogen-bond acceptors (Lipinski definition) is 2. The van der Waals surface area contributed by atoms with Gasteiger partial charge in [0, 0.05) is 4.70 Å². The molecule has 1 aromatic carbocycles. The van der Waals surface area contributed by atoms with Crippen molar-refractivity contribution < 1.29 is 4.79 Å². The zero-order valence-electron chi connectivity index (χ0n) is 7.70. The number of terminal acetylenes is 1. The fourth-order valence-electron chi connectivity index (χ4n) is 1.46. The first-order valence-corrected chi connectivity index (χ1v) is 5.04. The fourth-order valence-corrected chi connectivity index (χ4v) is 2.57. The molecule has 1 aromatic heterocycles. The van der Waals surface area contributed by atoms with E-state index < -0.39 is 0 Å². The van der Waals surface area contributed by atoms with E-state index in [1.165, 1.54) is 11.3 Å². The molecule has 0 unspecified atom stereocenters. The van der Waals surface area contributed by atoms with Crippen LogP contribution in [0.1, 0.15) is 15.2 Å². The van der Waals surface area contributed by atoms with Crippen LogP contribution in [-0.4, -0.2) is 5.78 Å². The maximum atomic E-state index is 11.4. The van der Waals surface area contributed by atoms with Crippen molar-refractivity contribution in [1.29, 1.82) is 0 Å². The van der Waals surface area contributed by atoms with Crippen molar-refractivity contribution in [2.24, 2.45) is 0 Å². The Labute approximate surface area is 86.4 Å². The number of rotatable bonds is 1. The predicted molar refractivity (Wildman–Crippen MR) is 59.7 cm³/mol. The van der Waals surface area contributed by atoms with Crippen molar-refractivity contribution in [1.82, 2.24) is 0 Å². The van der Waals surface area contributed by atoms with Gasteiger partial charge in [0.15, 0.2) is 0 Å². The summed E-state index contributed by atoms with van der Waals surface area (Å²) in [5.41, 5.74) is 0.994.